The third-order valence-corrected chi connectivity index (χ3v) is 4.52. The van der Waals surface area contributed by atoms with Crippen LogP contribution in [0.2, 0.25) is 0 Å². The van der Waals surface area contributed by atoms with Gasteiger partial charge in [-0.2, -0.15) is 0 Å². The van der Waals surface area contributed by atoms with Gasteiger partial charge in [0.1, 0.15) is 11.3 Å². The molecule has 0 aliphatic carbocycles. The first-order chi connectivity index (χ1) is 11.5. The second-order valence-corrected chi connectivity index (χ2v) is 6.86. The summed E-state index contributed by atoms with van der Waals surface area (Å²) in [5.41, 5.74) is 4.48. The third-order valence-electron chi connectivity index (χ3n) is 4.09. The molecule has 0 unspecified atom stereocenters. The number of aryl methyl sites for hydroxylation is 2. The number of nitrogens with zero attached hydrogens (tertiary/aromatic N) is 3. The lowest BCUT2D eigenvalue weighted by atomic mass is 10.2. The van der Waals surface area contributed by atoms with E-state index in [4.69, 9.17) is 0 Å². The van der Waals surface area contributed by atoms with Crippen molar-refractivity contribution in [1.29, 1.82) is 0 Å². The Morgan fingerprint density at radius 3 is 2.67 bits per heavy atom. The molecule has 3 rings (SSSR count). The predicted molar refractivity (Wildman–Crippen MR) is 99.2 cm³/mol. The summed E-state index contributed by atoms with van der Waals surface area (Å²) in [4.78, 5) is 19.5. The van der Waals surface area contributed by atoms with Crippen LogP contribution in [-0.2, 0) is 13.0 Å². The Morgan fingerprint density at radius 1 is 1.29 bits per heavy atom. The van der Waals surface area contributed by atoms with Crippen molar-refractivity contribution in [3.8, 4) is 0 Å². The average molecular weight is 386 g/mol. The zero-order valence-electron chi connectivity index (χ0n) is 14.1. The number of imidazole rings is 1. The first-order valence-corrected chi connectivity index (χ1v) is 8.77. The number of carbonyl (C=O) groups excluding carboxylic acids is 1. The lowest BCUT2D eigenvalue weighted by molar-refractivity contribution is 0.0777. The largest absolute Gasteiger partial charge is 0.336 e. The van der Waals surface area contributed by atoms with Gasteiger partial charge in [0.15, 0.2) is 0 Å². The van der Waals surface area contributed by atoms with E-state index in [2.05, 4.69) is 20.9 Å². The molecule has 0 fully saturated rings. The van der Waals surface area contributed by atoms with Crippen LogP contribution >= 0.6 is 15.9 Å². The summed E-state index contributed by atoms with van der Waals surface area (Å²) in [5.74, 6) is -0.0132. The molecular weight excluding hydrogens is 366 g/mol. The van der Waals surface area contributed by atoms with Crippen LogP contribution in [0.1, 0.15) is 34.2 Å². The molecule has 4 nitrogen and oxygen atoms in total. The first kappa shape index (κ1) is 16.7. The third kappa shape index (κ3) is 3.08. The molecule has 0 radical (unpaired) electrons. The van der Waals surface area contributed by atoms with Crippen molar-refractivity contribution in [2.24, 2.45) is 0 Å². The molecule has 2 heterocycles. The van der Waals surface area contributed by atoms with Crippen LogP contribution < -0.4 is 0 Å². The summed E-state index contributed by atoms with van der Waals surface area (Å²) in [5, 5.41) is 0. The topological polar surface area (TPSA) is 37.6 Å². The van der Waals surface area contributed by atoms with Crippen LogP contribution in [0.4, 0.5) is 0 Å². The molecule has 0 N–H and O–H groups in total. The van der Waals surface area contributed by atoms with Crippen molar-refractivity contribution in [2.45, 2.75) is 26.8 Å². The second kappa shape index (κ2) is 6.77. The SMILES string of the molecule is CCc1nc2c(C)cc(Br)cn2c1C(=O)N(C)Cc1ccccc1. The van der Waals surface area contributed by atoms with Gasteiger partial charge in [-0.05, 0) is 46.5 Å². The fourth-order valence-corrected chi connectivity index (χ4v) is 3.45. The predicted octanol–water partition coefficient (Wildman–Crippen LogP) is 4.24. The monoisotopic (exact) mass is 385 g/mol. The molecule has 0 atom stereocenters. The van der Waals surface area contributed by atoms with E-state index in [9.17, 15) is 4.79 Å². The summed E-state index contributed by atoms with van der Waals surface area (Å²) in [6.45, 7) is 4.61. The van der Waals surface area contributed by atoms with Gasteiger partial charge in [0.25, 0.3) is 5.91 Å². The fourth-order valence-electron chi connectivity index (χ4n) is 2.90. The summed E-state index contributed by atoms with van der Waals surface area (Å²) < 4.78 is 2.84. The van der Waals surface area contributed by atoms with E-state index in [0.29, 0.717) is 12.2 Å². The maximum Gasteiger partial charge on any atom is 0.272 e. The van der Waals surface area contributed by atoms with Gasteiger partial charge in [-0.15, -0.1) is 0 Å². The van der Waals surface area contributed by atoms with E-state index in [0.717, 1.165) is 33.4 Å². The number of benzene rings is 1. The van der Waals surface area contributed by atoms with Crippen LogP contribution in [0.15, 0.2) is 47.1 Å². The molecule has 0 saturated heterocycles. The Labute approximate surface area is 150 Å². The minimum absolute atomic E-state index is 0.0132. The quantitative estimate of drug-likeness (QED) is 0.673. The molecule has 3 aromatic rings. The number of hydrogen-bond acceptors (Lipinski definition) is 2. The Bertz CT molecular complexity index is 887. The highest BCUT2D eigenvalue weighted by Gasteiger charge is 2.22. The Hall–Kier alpha value is -2.14. The molecular formula is C19H20BrN3O. The van der Waals surface area contributed by atoms with Gasteiger partial charge in [-0.25, -0.2) is 4.98 Å². The number of hydrogen-bond donors (Lipinski definition) is 0. The van der Waals surface area contributed by atoms with Gasteiger partial charge in [-0.3, -0.25) is 9.20 Å². The molecule has 124 valence electrons. The van der Waals surface area contributed by atoms with Gasteiger partial charge in [0, 0.05) is 24.3 Å². The summed E-state index contributed by atoms with van der Waals surface area (Å²) in [6.07, 6.45) is 2.64. The molecule has 0 aliphatic rings. The van der Waals surface area contributed by atoms with Crippen LogP contribution in [0.5, 0.6) is 0 Å². The second-order valence-electron chi connectivity index (χ2n) is 5.94. The van der Waals surface area contributed by atoms with Crippen molar-refractivity contribution in [3.63, 3.8) is 0 Å². The van der Waals surface area contributed by atoms with Gasteiger partial charge in [0.2, 0.25) is 0 Å². The van der Waals surface area contributed by atoms with Crippen LogP contribution in [0.3, 0.4) is 0 Å². The zero-order valence-corrected chi connectivity index (χ0v) is 15.7. The summed E-state index contributed by atoms with van der Waals surface area (Å²) in [6, 6.07) is 12.0. The fraction of sp³-hybridized carbons (Fsp3) is 0.263. The molecule has 1 amide bonds. The van der Waals surface area contributed by atoms with E-state index in [1.54, 1.807) is 4.90 Å². The molecule has 0 aliphatic heterocycles. The Kier molecular flexibility index (Phi) is 4.71. The smallest absolute Gasteiger partial charge is 0.272 e. The minimum atomic E-state index is -0.0132. The van der Waals surface area contributed by atoms with Crippen molar-refractivity contribution < 1.29 is 4.79 Å². The van der Waals surface area contributed by atoms with Crippen LogP contribution in [0, 0.1) is 6.92 Å². The summed E-state index contributed by atoms with van der Waals surface area (Å²) >= 11 is 3.52. The van der Waals surface area contributed by atoms with E-state index >= 15 is 0 Å². The molecule has 1 aromatic carbocycles. The standard InChI is InChI=1S/C19H20BrN3O/c1-4-16-17(23-12-15(20)10-13(2)18(23)21-16)19(24)22(3)11-14-8-6-5-7-9-14/h5-10,12H,4,11H2,1-3H3. The Balaban J connectivity index is 2.02. The number of halogens is 1. The molecule has 5 heteroatoms. The lowest BCUT2D eigenvalue weighted by Gasteiger charge is -2.18. The van der Waals surface area contributed by atoms with Crippen molar-refractivity contribution in [3.05, 3.63) is 69.6 Å². The van der Waals surface area contributed by atoms with Gasteiger partial charge in [0.05, 0.1) is 5.69 Å². The minimum Gasteiger partial charge on any atom is -0.336 e. The molecule has 0 saturated carbocycles. The molecule has 0 bridgehead atoms. The lowest BCUT2D eigenvalue weighted by Crippen LogP contribution is -2.28. The number of carbonyl (C=O) groups is 1. The number of rotatable bonds is 4. The van der Waals surface area contributed by atoms with Gasteiger partial charge >= 0.3 is 0 Å². The van der Waals surface area contributed by atoms with Crippen LogP contribution in [0.25, 0.3) is 5.65 Å². The first-order valence-electron chi connectivity index (χ1n) is 7.97. The van der Waals surface area contributed by atoms with Gasteiger partial charge in [-0.1, -0.05) is 37.3 Å². The normalized spacial score (nSPS) is 11.0. The maximum absolute atomic E-state index is 13.1. The molecule has 24 heavy (non-hydrogen) atoms. The van der Waals surface area contributed by atoms with Crippen molar-refractivity contribution >= 4 is 27.5 Å². The number of fused-ring (bicyclic) bond motifs is 1. The number of pyridine rings is 1. The van der Waals surface area contributed by atoms with E-state index < -0.39 is 0 Å². The van der Waals surface area contributed by atoms with Crippen LogP contribution in [-0.4, -0.2) is 27.2 Å². The highest BCUT2D eigenvalue weighted by molar-refractivity contribution is 9.10. The van der Waals surface area contributed by atoms with E-state index in [1.807, 2.05) is 67.9 Å². The van der Waals surface area contributed by atoms with E-state index in [1.165, 1.54) is 0 Å². The van der Waals surface area contributed by atoms with Gasteiger partial charge < -0.3 is 4.90 Å². The summed E-state index contributed by atoms with van der Waals surface area (Å²) in [7, 11) is 1.83. The molecule has 0 spiro atoms. The van der Waals surface area contributed by atoms with Crippen molar-refractivity contribution in [1.82, 2.24) is 14.3 Å². The zero-order chi connectivity index (χ0) is 17.3. The van der Waals surface area contributed by atoms with E-state index in [-0.39, 0.29) is 5.91 Å². The maximum atomic E-state index is 13.1. The highest BCUT2D eigenvalue weighted by Crippen LogP contribution is 2.22. The Morgan fingerprint density at radius 2 is 2.00 bits per heavy atom. The number of aromatic nitrogens is 2. The number of amides is 1. The van der Waals surface area contributed by atoms with Crippen molar-refractivity contribution in [2.75, 3.05) is 7.05 Å². The highest BCUT2D eigenvalue weighted by atomic mass is 79.9. The molecule has 2 aromatic heterocycles. The average Bonchev–Trinajstić information content (AvgIpc) is 2.93.